The van der Waals surface area contributed by atoms with E-state index < -0.39 is 6.10 Å². The van der Waals surface area contributed by atoms with Gasteiger partial charge in [0.05, 0.1) is 6.10 Å². The molecule has 4 nitrogen and oxygen atoms in total. The van der Waals surface area contributed by atoms with Crippen LogP contribution in [-0.2, 0) is 13.0 Å². The molecule has 2 aliphatic rings. The van der Waals surface area contributed by atoms with E-state index in [0.717, 1.165) is 30.4 Å². The molecule has 1 fully saturated rings. The van der Waals surface area contributed by atoms with Crippen LogP contribution < -0.4 is 0 Å². The van der Waals surface area contributed by atoms with Crippen LogP contribution in [0.2, 0.25) is 0 Å². The topological polar surface area (TPSA) is 43.8 Å². The first kappa shape index (κ1) is 17.7. The number of aliphatic hydroxyl groups excluding tert-OH is 1. The number of nitrogens with zero attached hydrogens (tertiary/aromatic N) is 2. The van der Waals surface area contributed by atoms with Crippen LogP contribution in [0.25, 0.3) is 0 Å². The summed E-state index contributed by atoms with van der Waals surface area (Å²) in [6.07, 6.45) is 1.33. The number of likely N-dealkylation sites (tertiary alicyclic amines) is 1. The number of aliphatic hydroxyl groups is 1. The number of carbonyl (C=O) groups excluding carboxylic acids is 1. The summed E-state index contributed by atoms with van der Waals surface area (Å²) in [5.41, 5.74) is 3.45. The minimum absolute atomic E-state index is 0.000935. The molecule has 5 heteroatoms. The van der Waals surface area contributed by atoms with Gasteiger partial charge in [0.15, 0.2) is 0 Å². The van der Waals surface area contributed by atoms with Gasteiger partial charge in [-0.3, -0.25) is 9.69 Å². The predicted molar refractivity (Wildman–Crippen MR) is 105 cm³/mol. The van der Waals surface area contributed by atoms with Crippen LogP contribution in [0.5, 0.6) is 0 Å². The Morgan fingerprint density at radius 1 is 1.04 bits per heavy atom. The Morgan fingerprint density at radius 2 is 1.77 bits per heavy atom. The van der Waals surface area contributed by atoms with E-state index >= 15 is 0 Å². The van der Waals surface area contributed by atoms with Gasteiger partial charge in [-0.15, -0.1) is 0 Å². The first-order valence-corrected chi connectivity index (χ1v) is 9.95. The number of rotatable bonds is 2. The lowest BCUT2D eigenvalue weighted by molar-refractivity contribution is -0.0137. The molecule has 0 aromatic heterocycles. The van der Waals surface area contributed by atoms with E-state index in [-0.39, 0.29) is 11.9 Å². The van der Waals surface area contributed by atoms with E-state index in [1.807, 2.05) is 24.3 Å². The lowest BCUT2D eigenvalue weighted by Gasteiger charge is -2.43. The van der Waals surface area contributed by atoms with Crippen molar-refractivity contribution in [3.8, 4) is 0 Å². The maximum Gasteiger partial charge on any atom is 0.253 e. The Bertz CT molecular complexity index is 793. The molecule has 0 unspecified atom stereocenters. The number of hydrogen-bond acceptors (Lipinski definition) is 3. The number of carbonyl (C=O) groups is 1. The van der Waals surface area contributed by atoms with Crippen LogP contribution in [0.3, 0.4) is 0 Å². The minimum Gasteiger partial charge on any atom is -0.390 e. The van der Waals surface area contributed by atoms with Crippen molar-refractivity contribution in [1.29, 1.82) is 0 Å². The molecule has 2 aromatic rings. The monoisotopic (exact) mass is 414 g/mol. The first-order chi connectivity index (χ1) is 12.6. The molecule has 2 atom stereocenters. The van der Waals surface area contributed by atoms with Crippen molar-refractivity contribution >= 4 is 21.8 Å². The van der Waals surface area contributed by atoms with Crippen LogP contribution in [-0.4, -0.2) is 52.6 Å². The van der Waals surface area contributed by atoms with Crippen molar-refractivity contribution in [3.05, 3.63) is 69.7 Å². The average Bonchev–Trinajstić information content (AvgIpc) is 2.67. The molecule has 2 aromatic carbocycles. The standard InChI is InChI=1S/C21H23BrN2O2/c22-18-7-5-16(6-8-18)21(26)24-12-10-19(20(25)14-24)23-11-9-15-3-1-2-4-17(15)13-23/h1-8,19-20,25H,9-14H2/t19-,20-/m0/s1. The molecule has 2 heterocycles. The molecule has 0 spiro atoms. The number of β-amino-alcohol motifs (C(OH)–C–C–N with tert-alkyl or cyclic N) is 1. The molecule has 1 amide bonds. The second kappa shape index (κ2) is 7.51. The average molecular weight is 415 g/mol. The molecule has 136 valence electrons. The largest absolute Gasteiger partial charge is 0.390 e. The quantitative estimate of drug-likeness (QED) is 0.820. The second-order valence-corrected chi connectivity index (χ2v) is 8.09. The Kier molecular flexibility index (Phi) is 5.11. The number of piperidine rings is 1. The third kappa shape index (κ3) is 3.56. The van der Waals surface area contributed by atoms with Crippen molar-refractivity contribution in [2.45, 2.75) is 31.5 Å². The highest BCUT2D eigenvalue weighted by Gasteiger charge is 2.35. The highest BCUT2D eigenvalue weighted by atomic mass is 79.9. The van der Waals surface area contributed by atoms with Gasteiger partial charge >= 0.3 is 0 Å². The summed E-state index contributed by atoms with van der Waals surface area (Å²) in [7, 11) is 0. The molecule has 26 heavy (non-hydrogen) atoms. The molecule has 0 bridgehead atoms. The maximum atomic E-state index is 12.7. The molecule has 2 aliphatic heterocycles. The Balaban J connectivity index is 1.41. The van der Waals surface area contributed by atoms with Gasteiger partial charge in [0, 0.05) is 42.3 Å². The SMILES string of the molecule is O=C(c1ccc(Br)cc1)N1CC[C@H](N2CCc3ccccc3C2)[C@@H](O)C1. The zero-order chi connectivity index (χ0) is 18.1. The third-order valence-electron chi connectivity index (χ3n) is 5.55. The highest BCUT2D eigenvalue weighted by Crippen LogP contribution is 2.26. The van der Waals surface area contributed by atoms with Gasteiger partial charge in [0.1, 0.15) is 0 Å². The summed E-state index contributed by atoms with van der Waals surface area (Å²) in [5.74, 6) is -0.000935. The van der Waals surface area contributed by atoms with Gasteiger partial charge in [-0.05, 0) is 48.2 Å². The van der Waals surface area contributed by atoms with E-state index in [1.54, 1.807) is 4.90 Å². The molecule has 0 aliphatic carbocycles. The number of benzene rings is 2. The highest BCUT2D eigenvalue weighted by molar-refractivity contribution is 9.10. The van der Waals surface area contributed by atoms with Crippen molar-refractivity contribution < 1.29 is 9.90 Å². The van der Waals surface area contributed by atoms with Crippen molar-refractivity contribution in [1.82, 2.24) is 9.80 Å². The number of halogens is 1. The summed E-state index contributed by atoms with van der Waals surface area (Å²) in [6.45, 7) is 2.95. The van der Waals surface area contributed by atoms with E-state index in [1.165, 1.54) is 11.1 Å². The van der Waals surface area contributed by atoms with Gasteiger partial charge in [-0.1, -0.05) is 40.2 Å². The summed E-state index contributed by atoms with van der Waals surface area (Å²) < 4.78 is 0.957. The van der Waals surface area contributed by atoms with Crippen molar-refractivity contribution in [2.24, 2.45) is 0 Å². The molecule has 1 N–H and O–H groups in total. The van der Waals surface area contributed by atoms with Crippen LogP contribution in [0.15, 0.2) is 53.0 Å². The normalized spacial score (nSPS) is 23.5. The fourth-order valence-corrected chi connectivity index (χ4v) is 4.37. The number of amides is 1. The fraction of sp³-hybridized carbons (Fsp3) is 0.381. The van der Waals surface area contributed by atoms with E-state index in [2.05, 4.69) is 45.1 Å². The predicted octanol–water partition coefficient (Wildman–Crippen LogP) is 3.08. The van der Waals surface area contributed by atoms with Gasteiger partial charge in [0.25, 0.3) is 5.91 Å². The van der Waals surface area contributed by atoms with Crippen LogP contribution >= 0.6 is 15.9 Å². The van der Waals surface area contributed by atoms with Crippen LogP contribution in [0.4, 0.5) is 0 Å². The molecular formula is C21H23BrN2O2. The summed E-state index contributed by atoms with van der Waals surface area (Å²) >= 11 is 3.39. The summed E-state index contributed by atoms with van der Waals surface area (Å²) in [5, 5.41) is 10.7. The van der Waals surface area contributed by atoms with Crippen LogP contribution in [0, 0.1) is 0 Å². The zero-order valence-corrected chi connectivity index (χ0v) is 16.2. The van der Waals surface area contributed by atoms with Crippen molar-refractivity contribution in [2.75, 3.05) is 19.6 Å². The molecule has 4 rings (SSSR count). The van der Waals surface area contributed by atoms with E-state index in [4.69, 9.17) is 0 Å². The second-order valence-electron chi connectivity index (χ2n) is 7.17. The molecular weight excluding hydrogens is 392 g/mol. The lowest BCUT2D eigenvalue weighted by Crippen LogP contribution is -2.56. The number of hydrogen-bond donors (Lipinski definition) is 1. The minimum atomic E-state index is -0.506. The first-order valence-electron chi connectivity index (χ1n) is 9.15. The smallest absolute Gasteiger partial charge is 0.253 e. The van der Waals surface area contributed by atoms with E-state index in [9.17, 15) is 9.90 Å². The van der Waals surface area contributed by atoms with Gasteiger partial charge in [0.2, 0.25) is 0 Å². The Morgan fingerprint density at radius 3 is 2.50 bits per heavy atom. The number of fused-ring (bicyclic) bond motifs is 1. The lowest BCUT2D eigenvalue weighted by atomic mass is 9.94. The molecule has 0 radical (unpaired) electrons. The fourth-order valence-electron chi connectivity index (χ4n) is 4.11. The van der Waals surface area contributed by atoms with Crippen molar-refractivity contribution in [3.63, 3.8) is 0 Å². The summed E-state index contributed by atoms with van der Waals surface area (Å²) in [6, 6.07) is 16.1. The van der Waals surface area contributed by atoms with Gasteiger partial charge < -0.3 is 10.0 Å². The maximum absolute atomic E-state index is 12.7. The third-order valence-corrected chi connectivity index (χ3v) is 6.08. The van der Waals surface area contributed by atoms with E-state index in [0.29, 0.717) is 18.7 Å². The molecule has 1 saturated heterocycles. The Hall–Kier alpha value is -1.69. The molecule has 0 saturated carbocycles. The van der Waals surface area contributed by atoms with Gasteiger partial charge in [-0.2, -0.15) is 0 Å². The summed E-state index contributed by atoms with van der Waals surface area (Å²) in [4.78, 5) is 16.9. The van der Waals surface area contributed by atoms with Crippen LogP contribution in [0.1, 0.15) is 27.9 Å². The Labute approximate surface area is 162 Å². The van der Waals surface area contributed by atoms with Gasteiger partial charge in [-0.25, -0.2) is 0 Å². The zero-order valence-electron chi connectivity index (χ0n) is 14.6.